The van der Waals surface area contributed by atoms with Crippen LogP contribution in [0.15, 0.2) is 101 Å². The predicted octanol–water partition coefficient (Wildman–Crippen LogP) is 8.36. The molecule has 2 N–H and O–H groups in total. The molecule has 0 aliphatic carbocycles. The lowest BCUT2D eigenvalue weighted by Gasteiger charge is -2.17. The molecule has 0 unspecified atom stereocenters. The zero-order valence-corrected chi connectivity index (χ0v) is 23.0. The number of aromatic amines is 1. The van der Waals surface area contributed by atoms with Crippen LogP contribution in [0.2, 0.25) is 0 Å². The van der Waals surface area contributed by atoms with Crippen molar-refractivity contribution in [1.82, 2.24) is 15.0 Å². The highest BCUT2D eigenvalue weighted by molar-refractivity contribution is 5.83. The summed E-state index contributed by atoms with van der Waals surface area (Å²) in [4.78, 5) is 15.7. The fourth-order valence-electron chi connectivity index (χ4n) is 5.42. The first-order valence-electron chi connectivity index (χ1n) is 14.1. The number of aromatic nitrogens is 3. The molecule has 0 atom stereocenters. The van der Waals surface area contributed by atoms with Crippen LogP contribution in [-0.2, 0) is 0 Å². The van der Waals surface area contributed by atoms with Crippen LogP contribution in [0.25, 0.3) is 57.2 Å². The number of imidazole rings is 1. The van der Waals surface area contributed by atoms with Crippen molar-refractivity contribution >= 4 is 34.6 Å². The molecule has 1 aliphatic rings. The van der Waals surface area contributed by atoms with Gasteiger partial charge in [-0.1, -0.05) is 60.7 Å². The molecule has 202 valence electrons. The minimum atomic E-state index is 0.593. The summed E-state index contributed by atoms with van der Waals surface area (Å²) in [6.45, 7) is 2.27. The molecule has 41 heavy (non-hydrogen) atoms. The molecule has 6 heteroatoms. The van der Waals surface area contributed by atoms with Crippen molar-refractivity contribution in [3.8, 4) is 33.9 Å². The second kappa shape index (κ2) is 10.8. The highest BCUT2D eigenvalue weighted by atomic mass is 16.3. The van der Waals surface area contributed by atoms with Crippen LogP contribution in [0.4, 0.5) is 11.4 Å². The SMILES string of the molecule is CNc1ccc(-c2[nH]c(-c3ccc(C=Cc4nc5ccccc5o4)cc3)nc2-c2ccc(N3CCCC3)cc2)cc1. The first-order valence-corrected chi connectivity index (χ1v) is 14.1. The smallest absolute Gasteiger partial charge is 0.220 e. The average molecular weight is 538 g/mol. The van der Waals surface area contributed by atoms with Crippen LogP contribution < -0.4 is 10.2 Å². The summed E-state index contributed by atoms with van der Waals surface area (Å²) in [6, 6.07) is 33.4. The van der Waals surface area contributed by atoms with Gasteiger partial charge >= 0.3 is 0 Å². The molecule has 1 aliphatic heterocycles. The summed E-state index contributed by atoms with van der Waals surface area (Å²) in [5.74, 6) is 1.43. The predicted molar refractivity (Wildman–Crippen MR) is 169 cm³/mol. The molecule has 0 amide bonds. The van der Waals surface area contributed by atoms with Crippen LogP contribution >= 0.6 is 0 Å². The van der Waals surface area contributed by atoms with Crippen molar-refractivity contribution in [2.75, 3.05) is 30.4 Å². The fourth-order valence-corrected chi connectivity index (χ4v) is 5.42. The Balaban J connectivity index is 1.19. The molecular weight excluding hydrogens is 506 g/mol. The molecule has 0 spiro atoms. The number of benzene rings is 4. The number of rotatable bonds is 7. The minimum absolute atomic E-state index is 0.593. The van der Waals surface area contributed by atoms with Gasteiger partial charge in [-0.3, -0.25) is 0 Å². The maximum Gasteiger partial charge on any atom is 0.220 e. The van der Waals surface area contributed by atoms with Gasteiger partial charge in [0.05, 0.1) is 11.4 Å². The highest BCUT2D eigenvalue weighted by Gasteiger charge is 2.17. The van der Waals surface area contributed by atoms with E-state index in [0.717, 1.165) is 69.3 Å². The molecule has 3 heterocycles. The van der Waals surface area contributed by atoms with Crippen molar-refractivity contribution in [2.24, 2.45) is 0 Å². The molecule has 7 rings (SSSR count). The largest absolute Gasteiger partial charge is 0.437 e. The molecular formula is C35H31N5O. The van der Waals surface area contributed by atoms with Gasteiger partial charge in [0, 0.05) is 54.3 Å². The quantitative estimate of drug-likeness (QED) is 0.214. The monoisotopic (exact) mass is 537 g/mol. The van der Waals surface area contributed by atoms with Gasteiger partial charge in [-0.2, -0.15) is 0 Å². The second-order valence-corrected chi connectivity index (χ2v) is 10.4. The van der Waals surface area contributed by atoms with E-state index in [2.05, 4.69) is 93.0 Å². The minimum Gasteiger partial charge on any atom is -0.437 e. The van der Waals surface area contributed by atoms with E-state index in [4.69, 9.17) is 9.40 Å². The number of nitrogens with zero attached hydrogens (tertiary/aromatic N) is 3. The lowest BCUT2D eigenvalue weighted by Crippen LogP contribution is -2.17. The van der Waals surface area contributed by atoms with Gasteiger partial charge in [-0.05, 0) is 60.9 Å². The van der Waals surface area contributed by atoms with Crippen molar-refractivity contribution in [3.63, 3.8) is 0 Å². The Morgan fingerprint density at radius 3 is 2.20 bits per heavy atom. The number of anilines is 2. The zero-order valence-electron chi connectivity index (χ0n) is 23.0. The van der Waals surface area contributed by atoms with E-state index in [1.54, 1.807) is 0 Å². The van der Waals surface area contributed by atoms with Crippen LogP contribution in [0.5, 0.6) is 0 Å². The van der Waals surface area contributed by atoms with Gasteiger partial charge in [-0.25, -0.2) is 9.97 Å². The summed E-state index contributed by atoms with van der Waals surface area (Å²) < 4.78 is 5.81. The third-order valence-corrected chi connectivity index (χ3v) is 7.69. The Morgan fingerprint density at radius 2 is 1.46 bits per heavy atom. The molecule has 0 radical (unpaired) electrons. The Morgan fingerprint density at radius 1 is 0.756 bits per heavy atom. The topological polar surface area (TPSA) is 70.0 Å². The molecule has 4 aromatic carbocycles. The number of oxazole rings is 1. The van der Waals surface area contributed by atoms with Crippen molar-refractivity contribution in [3.05, 3.63) is 109 Å². The Bertz CT molecular complexity index is 1770. The molecule has 6 aromatic rings. The third kappa shape index (κ3) is 5.12. The van der Waals surface area contributed by atoms with E-state index in [1.807, 2.05) is 43.5 Å². The van der Waals surface area contributed by atoms with Crippen molar-refractivity contribution in [1.29, 1.82) is 0 Å². The van der Waals surface area contributed by atoms with Crippen LogP contribution in [0.3, 0.4) is 0 Å². The standard InChI is InChI=1S/C35H31N5O/c1-36-28-17-13-25(14-18-28)33-34(26-15-19-29(20-16-26)40-22-4-5-23-40)39-35(38-33)27-11-8-24(9-12-27)10-21-32-37-30-6-2-3-7-31(30)41-32/h2-3,6-21,36H,4-5,22-23H2,1H3,(H,38,39). The summed E-state index contributed by atoms with van der Waals surface area (Å²) >= 11 is 0. The first kappa shape index (κ1) is 24.9. The lowest BCUT2D eigenvalue weighted by molar-refractivity contribution is 0.590. The summed E-state index contributed by atoms with van der Waals surface area (Å²) in [5, 5.41) is 3.20. The summed E-state index contributed by atoms with van der Waals surface area (Å²) in [5.41, 5.74) is 10.2. The maximum absolute atomic E-state index is 5.81. The molecule has 2 aromatic heterocycles. The molecule has 6 nitrogen and oxygen atoms in total. The molecule has 0 saturated carbocycles. The Kier molecular flexibility index (Phi) is 6.57. The number of para-hydroxylation sites is 2. The number of hydrogen-bond donors (Lipinski definition) is 2. The molecule has 0 bridgehead atoms. The van der Waals surface area contributed by atoms with E-state index in [-0.39, 0.29) is 0 Å². The van der Waals surface area contributed by atoms with E-state index < -0.39 is 0 Å². The highest BCUT2D eigenvalue weighted by Crippen LogP contribution is 2.35. The van der Waals surface area contributed by atoms with E-state index in [9.17, 15) is 0 Å². The van der Waals surface area contributed by atoms with Gasteiger partial charge < -0.3 is 19.6 Å². The van der Waals surface area contributed by atoms with Gasteiger partial charge in [-0.15, -0.1) is 0 Å². The van der Waals surface area contributed by atoms with Crippen LogP contribution in [0.1, 0.15) is 24.3 Å². The van der Waals surface area contributed by atoms with Crippen molar-refractivity contribution < 1.29 is 4.42 Å². The Hall–Kier alpha value is -5.10. The normalized spacial score (nSPS) is 13.4. The maximum atomic E-state index is 5.81. The first-order chi connectivity index (χ1) is 20.2. The third-order valence-electron chi connectivity index (χ3n) is 7.69. The zero-order chi connectivity index (χ0) is 27.6. The molecule has 1 fully saturated rings. The van der Waals surface area contributed by atoms with E-state index in [0.29, 0.717) is 5.89 Å². The van der Waals surface area contributed by atoms with Gasteiger partial charge in [0.2, 0.25) is 5.89 Å². The number of H-pyrrole nitrogens is 1. The van der Waals surface area contributed by atoms with E-state index >= 15 is 0 Å². The lowest BCUT2D eigenvalue weighted by atomic mass is 10.0. The van der Waals surface area contributed by atoms with Gasteiger partial charge in [0.25, 0.3) is 0 Å². The second-order valence-electron chi connectivity index (χ2n) is 10.4. The number of nitrogens with one attached hydrogen (secondary N) is 2. The van der Waals surface area contributed by atoms with Gasteiger partial charge in [0.15, 0.2) is 5.58 Å². The molecule has 1 saturated heterocycles. The number of fused-ring (bicyclic) bond motifs is 1. The summed E-state index contributed by atoms with van der Waals surface area (Å²) in [7, 11) is 1.93. The Labute approximate surface area is 239 Å². The van der Waals surface area contributed by atoms with Crippen LogP contribution in [-0.4, -0.2) is 35.1 Å². The van der Waals surface area contributed by atoms with Crippen molar-refractivity contribution in [2.45, 2.75) is 12.8 Å². The van der Waals surface area contributed by atoms with Crippen LogP contribution in [0, 0.1) is 0 Å². The van der Waals surface area contributed by atoms with E-state index in [1.165, 1.54) is 18.5 Å². The number of hydrogen-bond acceptors (Lipinski definition) is 5. The van der Waals surface area contributed by atoms with Gasteiger partial charge in [0.1, 0.15) is 11.3 Å². The average Bonchev–Trinajstić information content (AvgIpc) is 3.81. The summed E-state index contributed by atoms with van der Waals surface area (Å²) in [6.07, 6.45) is 6.45. The fraction of sp³-hybridized carbons (Fsp3) is 0.143.